The highest BCUT2D eigenvalue weighted by molar-refractivity contribution is 6.39. The molecule has 0 bridgehead atoms. The van der Waals surface area contributed by atoms with Crippen molar-refractivity contribution in [3.05, 3.63) is 81.8 Å². The average Bonchev–Trinajstić information content (AvgIpc) is 3.48. The second-order valence-electron chi connectivity index (χ2n) is 11.1. The highest BCUT2D eigenvalue weighted by Gasteiger charge is 2.21. The first-order valence-corrected chi connectivity index (χ1v) is 15.9. The maximum Gasteiger partial charge on any atom is 0.304 e. The van der Waals surface area contributed by atoms with Crippen molar-refractivity contribution in [2.75, 3.05) is 20.8 Å². The third-order valence-corrected chi connectivity index (χ3v) is 8.83. The zero-order valence-electron chi connectivity index (χ0n) is 25.7. The normalized spacial score (nSPS) is 14.3. The van der Waals surface area contributed by atoms with Crippen LogP contribution in [0.15, 0.2) is 60.7 Å². The summed E-state index contributed by atoms with van der Waals surface area (Å²) in [6.45, 7) is 0.753. The molecule has 1 aliphatic heterocycles. The third kappa shape index (κ3) is 7.78. The average molecular weight is 664 g/mol. The molecule has 5 rings (SSSR count). The van der Waals surface area contributed by atoms with E-state index >= 15 is 0 Å². The summed E-state index contributed by atoms with van der Waals surface area (Å²) in [4.78, 5) is 31.8. The van der Waals surface area contributed by atoms with Crippen molar-refractivity contribution in [1.82, 2.24) is 20.6 Å². The number of aromatic nitrogens is 2. The van der Waals surface area contributed by atoms with Gasteiger partial charge in [0, 0.05) is 58.9 Å². The van der Waals surface area contributed by atoms with Crippen LogP contribution in [0, 0.1) is 0 Å². The molecular formula is C35H36Cl2N4O5. The molecule has 2 aromatic heterocycles. The summed E-state index contributed by atoms with van der Waals surface area (Å²) >= 11 is 14.1. The number of hydrogen-bond donors (Lipinski definition) is 3. The predicted molar refractivity (Wildman–Crippen MR) is 180 cm³/mol. The number of carbonyl (C=O) groups excluding carboxylic acids is 1. The van der Waals surface area contributed by atoms with Gasteiger partial charge in [0.05, 0.1) is 42.1 Å². The van der Waals surface area contributed by atoms with E-state index in [4.69, 9.17) is 47.8 Å². The van der Waals surface area contributed by atoms with Gasteiger partial charge in [-0.15, -0.1) is 0 Å². The standard InChI is InChI=1S/C35H36Cl2N4O5/c1-45-34-21(6-3-7-23-14-17-30(42)39-23)12-15-28(40-34)26-10-4-8-24(32(26)36)25-9-5-11-27(33(25)37)29-16-13-22(35(41-29)46-2)20-38-19-18-31(43)44/h4-5,8-13,15-16,23,38H,3,6-7,14,17-20H2,1-2H3,(H,39,42)(H,43,44)/t23-/m1/s1. The minimum atomic E-state index is -0.860. The van der Waals surface area contributed by atoms with Gasteiger partial charge >= 0.3 is 5.97 Å². The number of halogens is 2. The Labute approximate surface area is 278 Å². The Morgan fingerprint density at radius 1 is 0.891 bits per heavy atom. The van der Waals surface area contributed by atoms with Crippen LogP contribution in [0.4, 0.5) is 0 Å². The van der Waals surface area contributed by atoms with Gasteiger partial charge in [0.25, 0.3) is 0 Å². The molecule has 0 radical (unpaired) electrons. The van der Waals surface area contributed by atoms with Crippen LogP contribution in [0.1, 0.15) is 43.2 Å². The van der Waals surface area contributed by atoms with Crippen molar-refractivity contribution in [3.63, 3.8) is 0 Å². The molecule has 1 aliphatic rings. The Morgan fingerprint density at radius 2 is 1.46 bits per heavy atom. The Kier molecular flexibility index (Phi) is 11.1. The topological polar surface area (TPSA) is 123 Å². The van der Waals surface area contributed by atoms with E-state index in [1.54, 1.807) is 14.2 Å². The van der Waals surface area contributed by atoms with E-state index in [-0.39, 0.29) is 18.4 Å². The van der Waals surface area contributed by atoms with E-state index in [0.717, 1.165) is 53.5 Å². The molecular weight excluding hydrogens is 627 g/mol. The highest BCUT2D eigenvalue weighted by atomic mass is 35.5. The second-order valence-corrected chi connectivity index (χ2v) is 11.8. The van der Waals surface area contributed by atoms with Gasteiger partial charge in [-0.25, -0.2) is 9.97 Å². The number of rotatable bonds is 14. The number of ether oxygens (including phenoxy) is 2. The summed E-state index contributed by atoms with van der Waals surface area (Å²) in [5.41, 5.74) is 6.07. The predicted octanol–water partition coefficient (Wildman–Crippen LogP) is 6.97. The molecule has 0 saturated carbocycles. The van der Waals surface area contributed by atoms with E-state index < -0.39 is 5.97 Å². The molecule has 1 atom stereocenters. The van der Waals surface area contributed by atoms with Crippen LogP contribution in [-0.4, -0.2) is 53.8 Å². The SMILES string of the molecule is COc1nc(-c2cccc(-c3cccc(-c4ccc(CNCCC(=O)O)c(OC)n4)c3Cl)c2Cl)ccc1CCC[C@@H]1CCC(=O)N1. The number of carboxylic acids is 1. The van der Waals surface area contributed by atoms with Crippen molar-refractivity contribution in [2.45, 2.75) is 51.1 Å². The molecule has 3 heterocycles. The summed E-state index contributed by atoms with van der Waals surface area (Å²) in [5, 5.41) is 16.0. The van der Waals surface area contributed by atoms with Gasteiger partial charge in [0.2, 0.25) is 17.7 Å². The summed E-state index contributed by atoms with van der Waals surface area (Å²) in [6.07, 6.45) is 4.15. The number of aryl methyl sites for hydroxylation is 1. The lowest BCUT2D eigenvalue weighted by Gasteiger charge is -2.16. The Hall–Kier alpha value is -4.18. The lowest BCUT2D eigenvalue weighted by molar-refractivity contribution is -0.136. The van der Waals surface area contributed by atoms with Gasteiger partial charge in [0.15, 0.2) is 0 Å². The van der Waals surface area contributed by atoms with Crippen molar-refractivity contribution in [1.29, 1.82) is 0 Å². The minimum absolute atomic E-state index is 0.0260. The molecule has 4 aromatic rings. The number of nitrogens with one attached hydrogen (secondary N) is 2. The first kappa shape index (κ1) is 33.2. The van der Waals surface area contributed by atoms with Gasteiger partial charge in [-0.1, -0.05) is 71.7 Å². The molecule has 2 aromatic carbocycles. The van der Waals surface area contributed by atoms with E-state index in [9.17, 15) is 9.59 Å². The fourth-order valence-corrected chi connectivity index (χ4v) is 6.29. The van der Waals surface area contributed by atoms with Crippen LogP contribution in [0.3, 0.4) is 0 Å². The molecule has 0 unspecified atom stereocenters. The highest BCUT2D eigenvalue weighted by Crippen LogP contribution is 2.42. The summed E-state index contributed by atoms with van der Waals surface area (Å²) in [7, 11) is 3.16. The Morgan fingerprint density at radius 3 is 2.00 bits per heavy atom. The fourth-order valence-electron chi connectivity index (χ4n) is 5.64. The number of pyridine rings is 2. The van der Waals surface area contributed by atoms with Crippen molar-refractivity contribution in [2.24, 2.45) is 0 Å². The van der Waals surface area contributed by atoms with Crippen LogP contribution < -0.4 is 20.1 Å². The summed E-state index contributed by atoms with van der Waals surface area (Å²) in [5.74, 6) is 0.249. The summed E-state index contributed by atoms with van der Waals surface area (Å²) < 4.78 is 11.2. The largest absolute Gasteiger partial charge is 0.481 e. The maximum atomic E-state index is 11.5. The van der Waals surface area contributed by atoms with Crippen LogP contribution >= 0.6 is 23.2 Å². The first-order chi connectivity index (χ1) is 22.3. The van der Waals surface area contributed by atoms with Crippen LogP contribution in [0.5, 0.6) is 11.8 Å². The molecule has 46 heavy (non-hydrogen) atoms. The molecule has 1 saturated heterocycles. The van der Waals surface area contributed by atoms with E-state index in [0.29, 0.717) is 58.3 Å². The van der Waals surface area contributed by atoms with Gasteiger partial charge in [0.1, 0.15) is 0 Å². The van der Waals surface area contributed by atoms with Crippen LogP contribution in [0.25, 0.3) is 33.6 Å². The number of methoxy groups -OCH3 is 2. The molecule has 240 valence electrons. The number of benzene rings is 2. The van der Waals surface area contributed by atoms with Crippen molar-refractivity contribution in [3.8, 4) is 45.4 Å². The number of carboxylic acid groups (broad SMARTS) is 1. The van der Waals surface area contributed by atoms with E-state index in [2.05, 4.69) is 10.6 Å². The maximum absolute atomic E-state index is 11.5. The van der Waals surface area contributed by atoms with Gasteiger partial charge in [-0.05, 0) is 37.8 Å². The van der Waals surface area contributed by atoms with E-state index in [1.807, 2.05) is 60.7 Å². The van der Waals surface area contributed by atoms with Gasteiger partial charge in [-0.2, -0.15) is 0 Å². The number of amides is 1. The molecule has 0 aliphatic carbocycles. The Bertz CT molecular complexity index is 1730. The zero-order valence-corrected chi connectivity index (χ0v) is 27.3. The molecule has 1 amide bonds. The lowest BCUT2D eigenvalue weighted by atomic mass is 9.97. The van der Waals surface area contributed by atoms with E-state index in [1.165, 1.54) is 0 Å². The molecule has 11 heteroatoms. The third-order valence-electron chi connectivity index (χ3n) is 8.02. The quantitative estimate of drug-likeness (QED) is 0.124. The molecule has 0 spiro atoms. The summed E-state index contributed by atoms with van der Waals surface area (Å²) in [6, 6.07) is 19.4. The molecule has 9 nitrogen and oxygen atoms in total. The smallest absolute Gasteiger partial charge is 0.304 e. The molecule has 1 fully saturated rings. The Balaban J connectivity index is 1.37. The number of nitrogens with zero attached hydrogens (tertiary/aromatic N) is 2. The first-order valence-electron chi connectivity index (χ1n) is 15.2. The molecule has 3 N–H and O–H groups in total. The minimum Gasteiger partial charge on any atom is -0.481 e. The van der Waals surface area contributed by atoms with Gasteiger partial charge < -0.3 is 25.2 Å². The lowest BCUT2D eigenvalue weighted by Crippen LogP contribution is -2.25. The number of aliphatic carboxylic acids is 1. The monoisotopic (exact) mass is 662 g/mol. The van der Waals surface area contributed by atoms with Crippen molar-refractivity contribution < 1.29 is 24.2 Å². The van der Waals surface area contributed by atoms with Crippen LogP contribution in [0.2, 0.25) is 10.0 Å². The van der Waals surface area contributed by atoms with Crippen molar-refractivity contribution >= 4 is 35.1 Å². The fraction of sp³-hybridized carbons (Fsp3) is 0.314. The number of carbonyl (C=O) groups is 2. The number of hydrogen-bond acceptors (Lipinski definition) is 7. The zero-order chi connectivity index (χ0) is 32.6. The van der Waals surface area contributed by atoms with Gasteiger partial charge in [-0.3, -0.25) is 9.59 Å². The second kappa shape index (κ2) is 15.4. The van der Waals surface area contributed by atoms with Crippen LogP contribution in [-0.2, 0) is 22.6 Å².